The Morgan fingerprint density at radius 1 is 0.323 bits per heavy atom. The molecule has 0 bridgehead atoms. The van der Waals surface area contributed by atoms with E-state index in [4.69, 9.17) is 18.9 Å². The molecular weight excluding hydrogens is 1150 g/mol. The summed E-state index contributed by atoms with van der Waals surface area (Å²) in [5, 5.41) is 9.76. The van der Waals surface area contributed by atoms with Gasteiger partial charge < -0.3 is 28.5 Å². The molecule has 0 aliphatic carbocycles. The summed E-state index contributed by atoms with van der Waals surface area (Å²) in [6, 6.07) is 0. The molecule has 0 saturated carbocycles. The maximum absolute atomic E-state index is 13.0. The molecule has 524 valence electrons. The first-order valence-electron chi connectivity index (χ1n) is 36.9. The molecule has 0 rings (SSSR count). The van der Waals surface area contributed by atoms with Crippen LogP contribution in [0.2, 0.25) is 0 Å². The number of nitrogens with zero attached hydrogens (tertiary/aromatic N) is 1. The maximum Gasteiger partial charge on any atom is 0.361 e. The molecule has 1 N–H and O–H groups in total. The average Bonchev–Trinajstić information content (AvgIpc) is 3.73. The lowest BCUT2D eigenvalue weighted by atomic mass is 10.0. The van der Waals surface area contributed by atoms with E-state index in [0.29, 0.717) is 17.4 Å². The Hall–Kier alpha value is -5.61. The third-order valence-corrected chi connectivity index (χ3v) is 15.2. The summed E-state index contributed by atoms with van der Waals surface area (Å²) >= 11 is 0. The minimum absolute atomic E-state index is 0.177. The van der Waals surface area contributed by atoms with Crippen molar-refractivity contribution in [2.45, 2.75) is 283 Å². The van der Waals surface area contributed by atoms with Crippen molar-refractivity contribution in [3.8, 4) is 0 Å². The number of carboxylic acids is 1. The van der Waals surface area contributed by atoms with Gasteiger partial charge in [-0.3, -0.25) is 9.59 Å². The van der Waals surface area contributed by atoms with Crippen LogP contribution in [-0.4, -0.2) is 87.4 Å². The Morgan fingerprint density at radius 3 is 0.860 bits per heavy atom. The van der Waals surface area contributed by atoms with E-state index in [0.717, 1.165) is 141 Å². The van der Waals surface area contributed by atoms with Crippen molar-refractivity contribution in [2.24, 2.45) is 0 Å². The molecule has 0 heterocycles. The number of carbonyl (C=O) groups excluding carboxylic acids is 2. The van der Waals surface area contributed by atoms with Crippen LogP contribution in [0.1, 0.15) is 271 Å². The van der Waals surface area contributed by atoms with E-state index < -0.39 is 24.3 Å². The van der Waals surface area contributed by atoms with E-state index in [1.165, 1.54) is 96.3 Å². The molecule has 2 unspecified atom stereocenters. The Morgan fingerprint density at radius 2 is 0.581 bits per heavy atom. The van der Waals surface area contributed by atoms with Crippen molar-refractivity contribution in [1.82, 2.24) is 0 Å². The van der Waals surface area contributed by atoms with Crippen molar-refractivity contribution < 1.29 is 42.9 Å². The fourth-order valence-corrected chi connectivity index (χ4v) is 9.60. The number of esters is 2. The van der Waals surface area contributed by atoms with Gasteiger partial charge in [0.05, 0.1) is 34.4 Å². The number of unbranched alkanes of at least 4 members (excludes halogenated alkanes) is 21. The number of hydrogen-bond donors (Lipinski definition) is 1. The molecule has 0 amide bonds. The first-order valence-corrected chi connectivity index (χ1v) is 36.9. The van der Waals surface area contributed by atoms with Gasteiger partial charge in [0.1, 0.15) is 13.2 Å². The minimum atomic E-state index is -1.52. The fourth-order valence-electron chi connectivity index (χ4n) is 9.60. The first kappa shape index (κ1) is 87.4. The molecule has 9 nitrogen and oxygen atoms in total. The Kier molecular flexibility index (Phi) is 67.9. The van der Waals surface area contributed by atoms with E-state index in [2.05, 4.69) is 196 Å². The highest BCUT2D eigenvalue weighted by molar-refractivity contribution is 5.71. The van der Waals surface area contributed by atoms with Gasteiger partial charge in [-0.15, -0.1) is 0 Å². The molecule has 0 spiro atoms. The van der Waals surface area contributed by atoms with Gasteiger partial charge >= 0.3 is 17.9 Å². The standard InChI is InChI=1S/C84H135NO8/c1-6-8-10-12-14-16-18-20-22-24-26-28-30-32-34-36-38-39-40-41-42-43-45-47-49-51-53-55-57-59-61-63-65-67-69-71-73-75-82(87)93-80(79-92-84(83(88)89)90-77-76-85(3,4)5)78-91-81(86)74-72-70-68-66-64-62-60-58-56-54-52-50-48-46-44-37-35-33-31-29-27-25-23-21-19-17-15-13-11-9-7-2/h8-11,14-17,20-23,26-29,32-35,38-39,41-42,44-47,51,53,80,84H,6-7,12-13,18-19,24-25,30-31,36-37,40,43,48-50,52,54-79H2,1-5H3/p+1/b10-8-,11-9-,16-14-,17-15-,22-20-,23-21-,28-26-,29-27-,34-32-,35-33-,39-38-,42-41-,46-44-,47-45-,53-51-. The van der Waals surface area contributed by atoms with Gasteiger partial charge in [0.25, 0.3) is 6.29 Å². The van der Waals surface area contributed by atoms with Gasteiger partial charge in [-0.25, -0.2) is 4.79 Å². The lowest BCUT2D eigenvalue weighted by Gasteiger charge is -2.25. The summed E-state index contributed by atoms with van der Waals surface area (Å²) in [4.78, 5) is 37.7. The van der Waals surface area contributed by atoms with Gasteiger partial charge in [0.15, 0.2) is 6.10 Å². The number of carbonyl (C=O) groups is 3. The number of ether oxygens (including phenoxy) is 4. The molecule has 0 radical (unpaired) electrons. The van der Waals surface area contributed by atoms with E-state index in [1.807, 2.05) is 21.1 Å². The van der Waals surface area contributed by atoms with Crippen LogP contribution in [0, 0.1) is 0 Å². The molecule has 0 aromatic carbocycles. The molecule has 93 heavy (non-hydrogen) atoms. The van der Waals surface area contributed by atoms with Crippen molar-refractivity contribution >= 4 is 17.9 Å². The molecule has 0 aliphatic heterocycles. The van der Waals surface area contributed by atoms with E-state index >= 15 is 0 Å². The molecule has 0 aromatic heterocycles. The number of hydrogen-bond acceptors (Lipinski definition) is 7. The molecule has 0 aliphatic rings. The zero-order chi connectivity index (χ0) is 67.5. The van der Waals surface area contributed by atoms with Crippen LogP contribution in [-0.2, 0) is 33.3 Å². The second kappa shape index (κ2) is 72.2. The first-order chi connectivity index (χ1) is 45.6. The molecular formula is C84H136NO8+. The Bertz CT molecular complexity index is 2190. The predicted molar refractivity (Wildman–Crippen MR) is 400 cm³/mol. The topological polar surface area (TPSA) is 108 Å². The van der Waals surface area contributed by atoms with Gasteiger partial charge in [-0.1, -0.05) is 305 Å². The smallest absolute Gasteiger partial charge is 0.361 e. The lowest BCUT2D eigenvalue weighted by Crippen LogP contribution is -2.40. The van der Waals surface area contributed by atoms with Gasteiger partial charge in [0.2, 0.25) is 0 Å². The number of quaternary nitrogens is 1. The third kappa shape index (κ3) is 73.7. The lowest BCUT2D eigenvalue weighted by molar-refractivity contribution is -0.870. The molecule has 0 aromatic rings. The number of carboxylic acid groups (broad SMARTS) is 1. The summed E-state index contributed by atoms with van der Waals surface area (Å²) < 4.78 is 23.0. The summed E-state index contributed by atoms with van der Waals surface area (Å²) in [7, 11) is 5.97. The summed E-state index contributed by atoms with van der Waals surface area (Å²) in [5.41, 5.74) is 0. The zero-order valence-electron chi connectivity index (χ0n) is 59.8. The summed E-state index contributed by atoms with van der Waals surface area (Å²) in [6.07, 6.45) is 107. The van der Waals surface area contributed by atoms with Crippen molar-refractivity contribution in [3.63, 3.8) is 0 Å². The van der Waals surface area contributed by atoms with E-state index in [9.17, 15) is 19.5 Å². The number of rotatable bonds is 66. The highest BCUT2D eigenvalue weighted by Gasteiger charge is 2.25. The molecule has 0 saturated heterocycles. The Labute approximate surface area is 570 Å². The van der Waals surface area contributed by atoms with Crippen LogP contribution < -0.4 is 0 Å². The van der Waals surface area contributed by atoms with Crippen LogP contribution >= 0.6 is 0 Å². The molecule has 9 heteroatoms. The molecule has 0 fully saturated rings. The zero-order valence-corrected chi connectivity index (χ0v) is 59.8. The van der Waals surface area contributed by atoms with Crippen LogP contribution in [0.15, 0.2) is 182 Å². The number of likely N-dealkylation sites (N-methyl/N-ethyl adjacent to an activating group) is 1. The highest BCUT2D eigenvalue weighted by atomic mass is 16.7. The minimum Gasteiger partial charge on any atom is -0.477 e. The van der Waals surface area contributed by atoms with Crippen LogP contribution in [0.3, 0.4) is 0 Å². The van der Waals surface area contributed by atoms with Crippen molar-refractivity contribution in [2.75, 3.05) is 47.5 Å². The van der Waals surface area contributed by atoms with Crippen LogP contribution in [0.5, 0.6) is 0 Å². The second-order valence-electron chi connectivity index (χ2n) is 25.1. The molecule has 2 atom stereocenters. The summed E-state index contributed by atoms with van der Waals surface area (Å²) in [6.45, 7) is 4.63. The predicted octanol–water partition coefficient (Wildman–Crippen LogP) is 23.6. The quantitative estimate of drug-likeness (QED) is 0.0211. The van der Waals surface area contributed by atoms with E-state index in [-0.39, 0.29) is 38.6 Å². The van der Waals surface area contributed by atoms with Crippen LogP contribution in [0.4, 0.5) is 0 Å². The van der Waals surface area contributed by atoms with Gasteiger partial charge in [-0.2, -0.15) is 0 Å². The second-order valence-corrected chi connectivity index (χ2v) is 25.1. The highest BCUT2D eigenvalue weighted by Crippen LogP contribution is 2.16. The largest absolute Gasteiger partial charge is 0.477 e. The van der Waals surface area contributed by atoms with Crippen molar-refractivity contribution in [1.29, 1.82) is 0 Å². The van der Waals surface area contributed by atoms with E-state index in [1.54, 1.807) is 0 Å². The third-order valence-electron chi connectivity index (χ3n) is 15.2. The van der Waals surface area contributed by atoms with Crippen molar-refractivity contribution in [3.05, 3.63) is 182 Å². The SMILES string of the molecule is CC/C=C\C/C=C\C/C=C\C/C=C\C/C=C\C/C=C\C/C=C\C/C=C\C/C=C\CCCCCCCCCCCC(=O)OC(COC(=O)CCCCCCCCCCCCCC/C=C\C/C=C\C/C=C\C/C=C\C/C=C\C/C=C\CC)COC(OCC[N+](C)(C)C)C(=O)O. The maximum atomic E-state index is 13.0. The normalized spacial score (nSPS) is 13.8. The van der Waals surface area contributed by atoms with Gasteiger partial charge in [-0.05, 0) is 135 Å². The van der Waals surface area contributed by atoms with Crippen LogP contribution in [0.25, 0.3) is 0 Å². The average molecular weight is 1290 g/mol. The van der Waals surface area contributed by atoms with Gasteiger partial charge in [0, 0.05) is 12.8 Å². The summed E-state index contributed by atoms with van der Waals surface area (Å²) in [5.74, 6) is -2.03. The number of aliphatic carboxylic acids is 1. The fraction of sp³-hybridized carbons (Fsp3) is 0.607. The Balaban J connectivity index is 4.18. The monoisotopic (exact) mass is 1290 g/mol. The number of allylic oxidation sites excluding steroid dienone is 30.